The third kappa shape index (κ3) is 5.76. The minimum Gasteiger partial charge on any atom is -0.325 e. The van der Waals surface area contributed by atoms with E-state index in [9.17, 15) is 0 Å². The molecule has 0 aromatic rings. The normalized spacial score (nSPS) is 16.7. The van der Waals surface area contributed by atoms with Crippen LogP contribution in [0.1, 0.15) is 13.8 Å². The Bertz CT molecular complexity index is 72.1. The van der Waals surface area contributed by atoms with Crippen molar-refractivity contribution in [3.8, 4) is 0 Å². The van der Waals surface area contributed by atoms with Crippen molar-refractivity contribution >= 4 is 7.85 Å². The Labute approximate surface area is 46.0 Å². The Morgan fingerprint density at radius 3 is 2.29 bits per heavy atom. The molecule has 0 aromatic heterocycles. The average Bonchev–Trinajstić information content (AvgIpc) is 1.27. The summed E-state index contributed by atoms with van der Waals surface area (Å²) < 4.78 is 0. The van der Waals surface area contributed by atoms with Crippen molar-refractivity contribution in [1.82, 2.24) is 0 Å². The minimum absolute atomic E-state index is 0.0880. The van der Waals surface area contributed by atoms with E-state index < -0.39 is 0 Å². The Kier molecular flexibility index (Phi) is 2.76. The van der Waals surface area contributed by atoms with E-state index in [0.717, 1.165) is 5.47 Å². The summed E-state index contributed by atoms with van der Waals surface area (Å²) in [6, 6.07) is 0.0880. The first-order valence-electron chi connectivity index (χ1n) is 2.32. The molecule has 2 heteroatoms. The summed E-state index contributed by atoms with van der Waals surface area (Å²) in [5.41, 5.74) is 6.12. The minimum atomic E-state index is 0.0880. The molecule has 2 radical (unpaired) electrons. The number of nitrogens with two attached hydrogens (primary N) is 1. The third-order valence-electron chi connectivity index (χ3n) is 0.526. The second kappa shape index (κ2) is 2.86. The summed E-state index contributed by atoms with van der Waals surface area (Å²) in [5, 5.41) is 0. The van der Waals surface area contributed by atoms with Crippen LogP contribution in [0.15, 0.2) is 11.5 Å². The predicted octanol–water partition coefficient (Wildman–Crippen LogP) is 0.406. The van der Waals surface area contributed by atoms with Crippen molar-refractivity contribution in [2.75, 3.05) is 0 Å². The van der Waals surface area contributed by atoms with Gasteiger partial charge < -0.3 is 5.73 Å². The van der Waals surface area contributed by atoms with E-state index >= 15 is 0 Å². The maximum absolute atomic E-state index is 5.34. The summed E-state index contributed by atoms with van der Waals surface area (Å²) in [6.45, 7) is 3.71. The van der Waals surface area contributed by atoms with E-state index in [1.807, 2.05) is 13.8 Å². The van der Waals surface area contributed by atoms with Gasteiger partial charge in [-0.25, -0.2) is 0 Å². The monoisotopic (exact) mass is 95.1 g/mol. The molecule has 2 N–H and O–H groups in total. The third-order valence-corrected chi connectivity index (χ3v) is 0.526. The molecule has 7 heavy (non-hydrogen) atoms. The van der Waals surface area contributed by atoms with Gasteiger partial charge in [0.1, 0.15) is 7.85 Å². The zero-order valence-corrected chi connectivity index (χ0v) is 4.81. The molecule has 1 unspecified atom stereocenters. The van der Waals surface area contributed by atoms with Gasteiger partial charge in [0.2, 0.25) is 0 Å². The lowest BCUT2D eigenvalue weighted by Crippen LogP contribution is -2.11. The van der Waals surface area contributed by atoms with Gasteiger partial charge >= 0.3 is 0 Å². The molecule has 0 fully saturated rings. The van der Waals surface area contributed by atoms with Gasteiger partial charge in [-0.2, -0.15) is 0 Å². The lowest BCUT2D eigenvalue weighted by molar-refractivity contribution is 0.921. The van der Waals surface area contributed by atoms with Crippen LogP contribution in [0.3, 0.4) is 0 Å². The van der Waals surface area contributed by atoms with Gasteiger partial charge in [0, 0.05) is 6.04 Å². The molecule has 0 aliphatic rings. The van der Waals surface area contributed by atoms with Crippen molar-refractivity contribution < 1.29 is 0 Å². The second-order valence-electron chi connectivity index (χ2n) is 1.77. The highest BCUT2D eigenvalue weighted by atomic mass is 14.6. The SMILES string of the molecule is [B]/C(C)=C\C(C)N. The van der Waals surface area contributed by atoms with Gasteiger partial charge in [-0.1, -0.05) is 13.0 Å². The molecular formula is C5H10BN. The van der Waals surface area contributed by atoms with Crippen LogP contribution in [-0.2, 0) is 0 Å². The number of rotatable bonds is 1. The quantitative estimate of drug-likeness (QED) is 0.469. The highest BCUT2D eigenvalue weighted by molar-refractivity contribution is 6.21. The zero-order chi connectivity index (χ0) is 5.86. The Morgan fingerprint density at radius 2 is 2.29 bits per heavy atom. The van der Waals surface area contributed by atoms with Gasteiger partial charge in [-0.05, 0) is 6.92 Å². The van der Waals surface area contributed by atoms with Crippen molar-refractivity contribution in [2.45, 2.75) is 19.9 Å². The molecule has 1 nitrogen and oxygen atoms in total. The van der Waals surface area contributed by atoms with Crippen LogP contribution in [0.25, 0.3) is 0 Å². The van der Waals surface area contributed by atoms with Crippen LogP contribution in [0, 0.1) is 0 Å². The smallest absolute Gasteiger partial charge is 0.107 e. The molecule has 0 saturated carbocycles. The van der Waals surface area contributed by atoms with Crippen molar-refractivity contribution in [2.24, 2.45) is 5.73 Å². The lowest BCUT2D eigenvalue weighted by atomic mass is 9.96. The molecule has 0 bridgehead atoms. The molecule has 0 spiro atoms. The summed E-state index contributed by atoms with van der Waals surface area (Å²) in [5.74, 6) is 0. The van der Waals surface area contributed by atoms with E-state index in [4.69, 9.17) is 13.6 Å². The van der Waals surface area contributed by atoms with Crippen LogP contribution in [-0.4, -0.2) is 13.9 Å². The van der Waals surface area contributed by atoms with Crippen LogP contribution in [0.4, 0.5) is 0 Å². The Hall–Kier alpha value is -0.235. The molecule has 1 atom stereocenters. The van der Waals surface area contributed by atoms with Crippen LogP contribution < -0.4 is 5.73 Å². The van der Waals surface area contributed by atoms with Crippen molar-refractivity contribution in [1.29, 1.82) is 0 Å². The lowest BCUT2D eigenvalue weighted by Gasteiger charge is -1.94. The van der Waals surface area contributed by atoms with Gasteiger partial charge in [0.25, 0.3) is 0 Å². The Balaban J connectivity index is 3.45. The molecule has 0 heterocycles. The largest absolute Gasteiger partial charge is 0.325 e. The van der Waals surface area contributed by atoms with Gasteiger partial charge in [-0.15, -0.1) is 5.47 Å². The van der Waals surface area contributed by atoms with Crippen molar-refractivity contribution in [3.63, 3.8) is 0 Å². The fourth-order valence-corrected chi connectivity index (χ4v) is 0.415. The summed E-state index contributed by atoms with van der Waals surface area (Å²) >= 11 is 0. The zero-order valence-electron chi connectivity index (χ0n) is 4.81. The van der Waals surface area contributed by atoms with Gasteiger partial charge in [0.15, 0.2) is 0 Å². The van der Waals surface area contributed by atoms with E-state index in [-0.39, 0.29) is 6.04 Å². The molecule has 0 rings (SSSR count). The van der Waals surface area contributed by atoms with E-state index in [2.05, 4.69) is 0 Å². The molecule has 0 aliphatic carbocycles. The number of hydrogen-bond donors (Lipinski definition) is 1. The summed E-state index contributed by atoms with van der Waals surface area (Å²) in [4.78, 5) is 0. The van der Waals surface area contributed by atoms with E-state index in [1.165, 1.54) is 0 Å². The van der Waals surface area contributed by atoms with E-state index in [0.29, 0.717) is 0 Å². The Morgan fingerprint density at radius 1 is 1.86 bits per heavy atom. The predicted molar refractivity (Wildman–Crippen MR) is 33.2 cm³/mol. The highest BCUT2D eigenvalue weighted by Crippen LogP contribution is 1.84. The summed E-state index contributed by atoms with van der Waals surface area (Å²) in [6.07, 6.45) is 1.81. The standard InChI is InChI=1S/C5H10BN/c1-4(6)3-5(2)7/h3,5H,7H2,1-2H3/b4-3-. The molecule has 0 saturated heterocycles. The molecule has 0 aromatic carbocycles. The van der Waals surface area contributed by atoms with Gasteiger partial charge in [0.05, 0.1) is 0 Å². The average molecular weight is 95.0 g/mol. The first-order chi connectivity index (χ1) is 3.13. The summed E-state index contributed by atoms with van der Waals surface area (Å²) in [7, 11) is 5.27. The van der Waals surface area contributed by atoms with Crippen molar-refractivity contribution in [3.05, 3.63) is 11.5 Å². The first kappa shape index (κ1) is 6.76. The van der Waals surface area contributed by atoms with Gasteiger partial charge in [-0.3, -0.25) is 0 Å². The maximum atomic E-state index is 5.34. The number of hydrogen-bond acceptors (Lipinski definition) is 1. The molecule has 0 aliphatic heterocycles. The maximum Gasteiger partial charge on any atom is 0.107 e. The fraction of sp³-hybridized carbons (Fsp3) is 0.600. The first-order valence-corrected chi connectivity index (χ1v) is 2.32. The van der Waals surface area contributed by atoms with E-state index in [1.54, 1.807) is 6.08 Å². The molecular weight excluding hydrogens is 84.9 g/mol. The molecule has 0 amide bonds. The second-order valence-corrected chi connectivity index (χ2v) is 1.77. The van der Waals surface area contributed by atoms with Crippen LogP contribution in [0.2, 0.25) is 0 Å². The fourth-order valence-electron chi connectivity index (χ4n) is 0.415. The topological polar surface area (TPSA) is 26.0 Å². The molecule has 38 valence electrons. The highest BCUT2D eigenvalue weighted by Gasteiger charge is 1.81. The number of allylic oxidation sites excluding steroid dienone is 1. The van der Waals surface area contributed by atoms with Crippen LogP contribution >= 0.6 is 0 Å². The van der Waals surface area contributed by atoms with Crippen LogP contribution in [0.5, 0.6) is 0 Å².